The van der Waals surface area contributed by atoms with E-state index in [1.165, 1.54) is 32.3 Å². The first-order valence-corrected chi connectivity index (χ1v) is 20.4. The predicted octanol–water partition coefficient (Wildman–Crippen LogP) is 15.1. The van der Waals surface area contributed by atoms with Crippen LogP contribution in [-0.4, -0.2) is 14.5 Å². The number of benzene rings is 10. The van der Waals surface area contributed by atoms with Gasteiger partial charge in [0.25, 0.3) is 0 Å². The lowest BCUT2D eigenvalue weighted by Gasteiger charge is -2.15. The molecule has 13 aromatic rings. The van der Waals surface area contributed by atoms with E-state index < -0.39 is 0 Å². The average molecular weight is 764 g/mol. The normalized spacial score (nSPS) is 12.0. The molecular formula is C56H33N3O. The van der Waals surface area contributed by atoms with Gasteiger partial charge in [-0.1, -0.05) is 170 Å². The average Bonchev–Trinajstić information content (AvgIpc) is 3.87. The van der Waals surface area contributed by atoms with Crippen molar-refractivity contribution in [2.24, 2.45) is 0 Å². The topological polar surface area (TPSA) is 43.9 Å². The zero-order valence-electron chi connectivity index (χ0n) is 32.3. The molecule has 3 heterocycles. The van der Waals surface area contributed by atoms with Gasteiger partial charge < -0.3 is 4.42 Å². The maximum Gasteiger partial charge on any atom is 0.235 e. The summed E-state index contributed by atoms with van der Waals surface area (Å²) in [6.45, 7) is 0. The highest BCUT2D eigenvalue weighted by Crippen LogP contribution is 2.47. The minimum atomic E-state index is 0.612. The standard InChI is InChI=1S/C56H33N3O/c1-3-17-34(18-4-1)44-31-48-53(40-25-11-7-21-36(40)44)54-41-26-12-8-22-37(41)45(35-19-5-2-6-20-35)32-49(54)59(48)56-57-47-29-15-13-27-42(47)55(58-56)46-33-51-52(39-24-10-9-23-38(39)46)43-28-14-16-30-50(43)60-51/h1-33H. The number of rotatable bonds is 4. The number of nitrogens with zero attached hydrogens (tertiary/aromatic N) is 3. The van der Waals surface area contributed by atoms with Crippen molar-refractivity contribution in [2.75, 3.05) is 0 Å². The summed E-state index contributed by atoms with van der Waals surface area (Å²) in [6, 6.07) is 71.3. The van der Waals surface area contributed by atoms with Gasteiger partial charge in [0, 0.05) is 32.5 Å². The number of hydrogen-bond donors (Lipinski definition) is 0. The molecule has 60 heavy (non-hydrogen) atoms. The molecule has 0 saturated heterocycles. The highest BCUT2D eigenvalue weighted by molar-refractivity contribution is 6.32. The second-order valence-electron chi connectivity index (χ2n) is 15.6. The second-order valence-corrected chi connectivity index (χ2v) is 15.6. The summed E-state index contributed by atoms with van der Waals surface area (Å²) in [5.41, 5.74) is 11.2. The maximum atomic E-state index is 6.60. The van der Waals surface area contributed by atoms with Crippen LogP contribution in [0, 0.1) is 0 Å². The molecule has 0 aliphatic rings. The molecule has 0 unspecified atom stereocenters. The van der Waals surface area contributed by atoms with Crippen LogP contribution in [-0.2, 0) is 0 Å². The van der Waals surface area contributed by atoms with Gasteiger partial charge in [0.15, 0.2) is 0 Å². The van der Waals surface area contributed by atoms with Crippen LogP contribution in [0.2, 0.25) is 0 Å². The zero-order chi connectivity index (χ0) is 39.3. The molecule has 0 aliphatic heterocycles. The van der Waals surface area contributed by atoms with E-state index in [1.54, 1.807) is 0 Å². The Hall–Kier alpha value is -8.08. The summed E-state index contributed by atoms with van der Waals surface area (Å²) in [6.07, 6.45) is 0. The number of para-hydroxylation sites is 2. The van der Waals surface area contributed by atoms with Gasteiger partial charge in [-0.15, -0.1) is 0 Å². The molecule has 4 heteroatoms. The first-order valence-electron chi connectivity index (χ1n) is 20.4. The Morgan fingerprint density at radius 1 is 0.333 bits per heavy atom. The molecule has 0 radical (unpaired) electrons. The number of aromatic nitrogens is 3. The largest absolute Gasteiger partial charge is 0.456 e. The highest BCUT2D eigenvalue weighted by Gasteiger charge is 2.25. The third kappa shape index (κ3) is 4.73. The summed E-state index contributed by atoms with van der Waals surface area (Å²) < 4.78 is 8.92. The van der Waals surface area contributed by atoms with Crippen LogP contribution in [0.5, 0.6) is 0 Å². The van der Waals surface area contributed by atoms with Gasteiger partial charge in [0.1, 0.15) is 11.2 Å². The summed E-state index contributed by atoms with van der Waals surface area (Å²) >= 11 is 0. The number of fused-ring (bicyclic) bond motifs is 13. The van der Waals surface area contributed by atoms with E-state index in [0.29, 0.717) is 5.95 Å². The van der Waals surface area contributed by atoms with E-state index in [4.69, 9.17) is 14.4 Å². The molecule has 0 atom stereocenters. The minimum absolute atomic E-state index is 0.612. The van der Waals surface area contributed by atoms with E-state index in [1.807, 2.05) is 12.1 Å². The summed E-state index contributed by atoms with van der Waals surface area (Å²) in [7, 11) is 0. The first kappa shape index (κ1) is 32.9. The van der Waals surface area contributed by atoms with Gasteiger partial charge in [0.2, 0.25) is 5.95 Å². The molecule has 0 fully saturated rings. The van der Waals surface area contributed by atoms with E-state index in [0.717, 1.165) is 88.2 Å². The molecule has 4 nitrogen and oxygen atoms in total. The van der Waals surface area contributed by atoms with Crippen LogP contribution in [0.4, 0.5) is 0 Å². The molecule has 0 amide bonds. The fourth-order valence-corrected chi connectivity index (χ4v) is 9.81. The van der Waals surface area contributed by atoms with Gasteiger partial charge in [-0.3, -0.25) is 4.57 Å². The number of furan rings is 1. The van der Waals surface area contributed by atoms with Gasteiger partial charge >= 0.3 is 0 Å². The molecule has 13 rings (SSSR count). The Morgan fingerprint density at radius 2 is 0.783 bits per heavy atom. The van der Waals surface area contributed by atoms with Gasteiger partial charge in [-0.2, -0.15) is 0 Å². The minimum Gasteiger partial charge on any atom is -0.456 e. The second kappa shape index (κ2) is 12.7. The van der Waals surface area contributed by atoms with Crippen LogP contribution in [0.25, 0.3) is 126 Å². The maximum absolute atomic E-state index is 6.60. The predicted molar refractivity (Wildman–Crippen MR) is 250 cm³/mol. The fraction of sp³-hybridized carbons (Fsp3) is 0. The van der Waals surface area contributed by atoms with Crippen molar-refractivity contribution in [1.82, 2.24) is 14.5 Å². The Labute approximate surface area is 344 Å². The molecule has 10 aromatic carbocycles. The van der Waals surface area contributed by atoms with Gasteiger partial charge in [-0.25, -0.2) is 9.97 Å². The molecular weight excluding hydrogens is 731 g/mol. The lowest BCUT2D eigenvalue weighted by molar-refractivity contribution is 0.669. The molecule has 0 saturated carbocycles. The summed E-state index contributed by atoms with van der Waals surface area (Å²) in [5.74, 6) is 0.612. The lowest BCUT2D eigenvalue weighted by atomic mass is 9.92. The van der Waals surface area contributed by atoms with Crippen molar-refractivity contribution in [3.05, 3.63) is 200 Å². The molecule has 278 valence electrons. The van der Waals surface area contributed by atoms with Crippen molar-refractivity contribution in [3.63, 3.8) is 0 Å². The van der Waals surface area contributed by atoms with E-state index in [-0.39, 0.29) is 0 Å². The molecule has 0 aliphatic carbocycles. The summed E-state index contributed by atoms with van der Waals surface area (Å²) in [5, 5.41) is 12.6. The molecule has 0 spiro atoms. The first-order chi connectivity index (χ1) is 29.8. The van der Waals surface area contributed by atoms with Crippen molar-refractivity contribution >= 4 is 87.0 Å². The number of hydrogen-bond acceptors (Lipinski definition) is 3. The SMILES string of the molecule is c1ccc(-c2cc3c(c4ccccc24)c2c4ccccc4c(-c4ccccc4)cc2n3-c2nc(-c3cc4oc5ccccc5c4c4ccccc34)c3ccccc3n2)cc1. The van der Waals surface area contributed by atoms with Crippen molar-refractivity contribution in [1.29, 1.82) is 0 Å². The molecule has 0 N–H and O–H groups in total. The van der Waals surface area contributed by atoms with Crippen LogP contribution in [0.3, 0.4) is 0 Å². The Balaban J connectivity index is 1.22. The highest BCUT2D eigenvalue weighted by atomic mass is 16.3. The van der Waals surface area contributed by atoms with Crippen LogP contribution in [0.15, 0.2) is 205 Å². The lowest BCUT2D eigenvalue weighted by Crippen LogP contribution is -2.04. The Morgan fingerprint density at radius 3 is 1.37 bits per heavy atom. The van der Waals surface area contributed by atoms with E-state index in [2.05, 4.69) is 193 Å². The van der Waals surface area contributed by atoms with Gasteiger partial charge in [-0.05, 0) is 84.9 Å². The van der Waals surface area contributed by atoms with E-state index in [9.17, 15) is 0 Å². The molecule has 0 bridgehead atoms. The third-order valence-corrected chi connectivity index (χ3v) is 12.4. The fourth-order valence-electron chi connectivity index (χ4n) is 9.81. The zero-order valence-corrected chi connectivity index (χ0v) is 32.3. The van der Waals surface area contributed by atoms with Crippen LogP contribution < -0.4 is 0 Å². The van der Waals surface area contributed by atoms with Crippen molar-refractivity contribution < 1.29 is 4.42 Å². The quantitative estimate of drug-likeness (QED) is 0.179. The Kier molecular flexibility index (Phi) is 6.98. The smallest absolute Gasteiger partial charge is 0.235 e. The monoisotopic (exact) mass is 763 g/mol. The summed E-state index contributed by atoms with van der Waals surface area (Å²) in [4.78, 5) is 11.2. The van der Waals surface area contributed by atoms with E-state index >= 15 is 0 Å². The van der Waals surface area contributed by atoms with Crippen LogP contribution in [0.1, 0.15) is 0 Å². The Bertz CT molecular complexity index is 3740. The van der Waals surface area contributed by atoms with Crippen molar-refractivity contribution in [2.45, 2.75) is 0 Å². The van der Waals surface area contributed by atoms with Crippen molar-refractivity contribution in [3.8, 4) is 39.5 Å². The molecule has 3 aromatic heterocycles. The third-order valence-electron chi connectivity index (χ3n) is 12.4. The van der Waals surface area contributed by atoms with Gasteiger partial charge in [0.05, 0.1) is 22.2 Å². The van der Waals surface area contributed by atoms with Crippen LogP contribution >= 0.6 is 0 Å².